The summed E-state index contributed by atoms with van der Waals surface area (Å²) in [5.74, 6) is 0.407. The van der Waals surface area contributed by atoms with Gasteiger partial charge in [0.15, 0.2) is 0 Å². The second-order valence-electron chi connectivity index (χ2n) is 6.13. The lowest BCUT2D eigenvalue weighted by Gasteiger charge is -2.03. The van der Waals surface area contributed by atoms with E-state index < -0.39 is 10.8 Å². The lowest BCUT2D eigenvalue weighted by molar-refractivity contribution is -0.385. The van der Waals surface area contributed by atoms with Crippen LogP contribution in [-0.2, 0) is 0 Å². The Morgan fingerprint density at radius 1 is 1.34 bits per heavy atom. The molecule has 3 rings (SSSR count). The number of benzene rings is 1. The molecule has 1 amide bonds. The van der Waals surface area contributed by atoms with Crippen molar-refractivity contribution in [2.24, 2.45) is 4.99 Å². The maximum absolute atomic E-state index is 12.3. The molecular weight excluding hydrogens is 372 g/mol. The number of H-pyrrole nitrogens is 1. The van der Waals surface area contributed by atoms with E-state index in [9.17, 15) is 14.9 Å². The summed E-state index contributed by atoms with van der Waals surface area (Å²) in [6.07, 6.45) is 3.11. The van der Waals surface area contributed by atoms with Gasteiger partial charge in [-0.2, -0.15) is 0 Å². The number of carbonyl (C=O) groups is 1. The van der Waals surface area contributed by atoms with E-state index in [1.54, 1.807) is 50.4 Å². The number of nitrogens with zero attached hydrogens (tertiary/aromatic N) is 4. The van der Waals surface area contributed by atoms with Crippen LogP contribution in [-0.4, -0.2) is 38.7 Å². The number of nitro benzene ring substituents is 1. The molecule has 3 aromatic rings. The number of aryl methyl sites for hydroxylation is 1. The fourth-order valence-corrected chi connectivity index (χ4v) is 2.65. The SMILES string of the molecule is C=c1[nH]c(-c2ccc([N+](=O)[O-])c(C)c2)n/c1=C/C(=NC)NC(=O)c1ccccn1. The first kappa shape index (κ1) is 19.6. The van der Waals surface area contributed by atoms with Crippen molar-refractivity contribution in [2.45, 2.75) is 6.92 Å². The number of amides is 1. The molecule has 0 bridgehead atoms. The number of nitro groups is 1. The first-order chi connectivity index (χ1) is 13.9. The van der Waals surface area contributed by atoms with Gasteiger partial charge in [0.1, 0.15) is 17.4 Å². The van der Waals surface area contributed by atoms with Crippen LogP contribution in [0.15, 0.2) is 47.6 Å². The number of aliphatic imine (C=N–C) groups is 1. The molecule has 0 spiro atoms. The van der Waals surface area contributed by atoms with E-state index in [0.29, 0.717) is 33.5 Å². The summed E-state index contributed by atoms with van der Waals surface area (Å²) in [7, 11) is 1.54. The number of hydrogen-bond acceptors (Lipinski definition) is 6. The zero-order chi connectivity index (χ0) is 21.0. The summed E-state index contributed by atoms with van der Waals surface area (Å²) in [6, 6.07) is 9.76. The molecule has 0 aliphatic heterocycles. The second-order valence-corrected chi connectivity index (χ2v) is 6.13. The van der Waals surface area contributed by atoms with Crippen LogP contribution in [0.4, 0.5) is 5.69 Å². The largest absolute Gasteiger partial charge is 0.338 e. The number of hydrogen-bond donors (Lipinski definition) is 2. The monoisotopic (exact) mass is 390 g/mol. The Bertz CT molecular complexity index is 1210. The van der Waals surface area contributed by atoms with Crippen LogP contribution in [0.3, 0.4) is 0 Å². The van der Waals surface area contributed by atoms with Gasteiger partial charge in [-0.25, -0.2) is 4.98 Å². The van der Waals surface area contributed by atoms with E-state index in [1.165, 1.54) is 12.3 Å². The molecular formula is C20H18N6O3. The summed E-state index contributed by atoms with van der Waals surface area (Å²) in [4.78, 5) is 38.4. The van der Waals surface area contributed by atoms with E-state index in [0.717, 1.165) is 0 Å². The Hall–Kier alpha value is -4.14. The highest BCUT2D eigenvalue weighted by Gasteiger charge is 2.13. The van der Waals surface area contributed by atoms with E-state index in [-0.39, 0.29) is 11.4 Å². The summed E-state index contributed by atoms with van der Waals surface area (Å²) >= 11 is 0. The van der Waals surface area contributed by atoms with Gasteiger partial charge in [-0.3, -0.25) is 24.9 Å². The van der Waals surface area contributed by atoms with Crippen LogP contribution < -0.4 is 16.0 Å². The molecule has 9 heteroatoms. The molecule has 2 N–H and O–H groups in total. The number of imidazole rings is 1. The number of amidine groups is 1. The Morgan fingerprint density at radius 3 is 2.76 bits per heavy atom. The molecule has 2 aromatic heterocycles. The highest BCUT2D eigenvalue weighted by molar-refractivity contribution is 6.17. The molecule has 0 aliphatic carbocycles. The van der Waals surface area contributed by atoms with Gasteiger partial charge in [0.05, 0.1) is 15.6 Å². The smallest absolute Gasteiger partial charge is 0.275 e. The Morgan fingerprint density at radius 2 is 2.14 bits per heavy atom. The molecule has 0 fully saturated rings. The minimum Gasteiger partial charge on any atom is -0.338 e. The summed E-state index contributed by atoms with van der Waals surface area (Å²) in [6.45, 7) is 5.59. The molecule has 0 atom stereocenters. The van der Waals surface area contributed by atoms with Crippen LogP contribution in [0.1, 0.15) is 16.1 Å². The second kappa shape index (κ2) is 8.26. The van der Waals surface area contributed by atoms with Crippen LogP contribution in [0.2, 0.25) is 0 Å². The van der Waals surface area contributed by atoms with Gasteiger partial charge in [-0.05, 0) is 31.2 Å². The lowest BCUT2D eigenvalue weighted by Crippen LogP contribution is -2.33. The quantitative estimate of drug-likeness (QED) is 0.301. The Labute approximate surface area is 165 Å². The van der Waals surface area contributed by atoms with E-state index >= 15 is 0 Å². The molecule has 29 heavy (non-hydrogen) atoms. The van der Waals surface area contributed by atoms with Crippen molar-refractivity contribution in [1.82, 2.24) is 20.3 Å². The highest BCUT2D eigenvalue weighted by Crippen LogP contribution is 2.22. The molecule has 0 saturated heterocycles. The molecule has 2 heterocycles. The van der Waals surface area contributed by atoms with Crippen molar-refractivity contribution < 1.29 is 9.72 Å². The number of rotatable bonds is 4. The normalized spacial score (nSPS) is 12.1. The third-order valence-electron chi connectivity index (χ3n) is 4.13. The van der Waals surface area contributed by atoms with Crippen LogP contribution in [0, 0.1) is 17.0 Å². The summed E-state index contributed by atoms with van der Waals surface area (Å²) in [5.41, 5.74) is 1.52. The van der Waals surface area contributed by atoms with Crippen LogP contribution in [0.5, 0.6) is 0 Å². The zero-order valence-electron chi connectivity index (χ0n) is 15.8. The molecule has 146 valence electrons. The van der Waals surface area contributed by atoms with Crippen molar-refractivity contribution >= 4 is 30.1 Å². The van der Waals surface area contributed by atoms with Crippen LogP contribution >= 0.6 is 0 Å². The van der Waals surface area contributed by atoms with Gasteiger partial charge in [0.2, 0.25) is 0 Å². The number of pyridine rings is 1. The van der Waals surface area contributed by atoms with Gasteiger partial charge in [-0.15, -0.1) is 0 Å². The Kier molecular flexibility index (Phi) is 5.59. The minimum absolute atomic E-state index is 0.0413. The zero-order valence-corrected chi connectivity index (χ0v) is 15.8. The number of aromatic nitrogens is 3. The molecule has 0 saturated carbocycles. The summed E-state index contributed by atoms with van der Waals surface area (Å²) in [5, 5.41) is 14.7. The van der Waals surface area contributed by atoms with Gasteiger partial charge >= 0.3 is 0 Å². The summed E-state index contributed by atoms with van der Waals surface area (Å²) < 4.78 is 0. The Balaban J connectivity index is 1.90. The maximum atomic E-state index is 12.3. The van der Waals surface area contributed by atoms with Gasteiger partial charge in [0, 0.05) is 36.5 Å². The third kappa shape index (κ3) is 4.41. The van der Waals surface area contributed by atoms with Crippen molar-refractivity contribution in [3.63, 3.8) is 0 Å². The minimum atomic E-state index is -0.429. The van der Waals surface area contributed by atoms with E-state index in [2.05, 4.69) is 31.8 Å². The molecule has 0 unspecified atom stereocenters. The lowest BCUT2D eigenvalue weighted by atomic mass is 10.1. The van der Waals surface area contributed by atoms with Gasteiger partial charge < -0.3 is 10.3 Å². The average Bonchev–Trinajstić information content (AvgIpc) is 3.08. The predicted molar refractivity (Wildman–Crippen MR) is 110 cm³/mol. The molecule has 1 aromatic carbocycles. The van der Waals surface area contributed by atoms with Gasteiger partial charge in [0.25, 0.3) is 11.6 Å². The molecule has 9 nitrogen and oxygen atoms in total. The first-order valence-electron chi connectivity index (χ1n) is 8.60. The van der Waals surface area contributed by atoms with Crippen molar-refractivity contribution in [3.8, 4) is 11.4 Å². The molecule has 0 aliphatic rings. The fourth-order valence-electron chi connectivity index (χ4n) is 2.65. The number of nitrogens with one attached hydrogen (secondary N) is 2. The van der Waals surface area contributed by atoms with E-state index in [4.69, 9.17) is 0 Å². The standard InChI is InChI=1S/C20H18N6O3/c1-12-10-14(7-8-17(12)26(28)29)19-23-13(2)16(24-19)11-18(21-3)25-20(27)15-6-4-5-9-22-15/h4-11H,2H2,1,3H3,(H,23,24)(H,21,25,27)/b16-11+. The number of aromatic amines is 1. The average molecular weight is 390 g/mol. The van der Waals surface area contributed by atoms with Crippen molar-refractivity contribution in [1.29, 1.82) is 0 Å². The van der Waals surface area contributed by atoms with Gasteiger partial charge in [-0.1, -0.05) is 12.6 Å². The maximum Gasteiger partial charge on any atom is 0.275 e. The van der Waals surface area contributed by atoms with Crippen molar-refractivity contribution in [2.75, 3.05) is 7.05 Å². The number of carbonyl (C=O) groups excluding carboxylic acids is 1. The van der Waals surface area contributed by atoms with Crippen LogP contribution in [0.25, 0.3) is 24.0 Å². The van der Waals surface area contributed by atoms with Crippen molar-refractivity contribution in [3.05, 3.63) is 74.7 Å². The third-order valence-corrected chi connectivity index (χ3v) is 4.13. The topological polar surface area (TPSA) is 126 Å². The first-order valence-corrected chi connectivity index (χ1v) is 8.60. The fraction of sp³-hybridized carbons (Fsp3) is 0.100. The predicted octanol–water partition coefficient (Wildman–Crippen LogP) is 1.34. The molecule has 0 radical (unpaired) electrons. The van der Waals surface area contributed by atoms with E-state index in [1.807, 2.05) is 0 Å². The highest BCUT2D eigenvalue weighted by atomic mass is 16.6.